The molecule has 0 fully saturated rings. The molecule has 1 aromatic heterocycles. The van der Waals surface area contributed by atoms with Crippen LogP contribution in [0.2, 0.25) is 0 Å². The summed E-state index contributed by atoms with van der Waals surface area (Å²) < 4.78 is 25.9. The van der Waals surface area contributed by atoms with E-state index in [0.717, 1.165) is 11.3 Å². The zero-order valence-electron chi connectivity index (χ0n) is 8.91. The summed E-state index contributed by atoms with van der Waals surface area (Å²) in [5.74, 6) is 0. The molecule has 1 heterocycles. The van der Waals surface area contributed by atoms with Gasteiger partial charge in [0.05, 0.1) is 4.90 Å². The molecular formula is C9H16N2O2S2. The van der Waals surface area contributed by atoms with Crippen molar-refractivity contribution in [2.45, 2.75) is 24.8 Å². The Bertz CT molecular complexity index is 398. The van der Waals surface area contributed by atoms with Crippen molar-refractivity contribution in [3.05, 3.63) is 16.3 Å². The van der Waals surface area contributed by atoms with Crippen LogP contribution in [0.5, 0.6) is 0 Å². The van der Waals surface area contributed by atoms with E-state index >= 15 is 0 Å². The third kappa shape index (κ3) is 3.57. The van der Waals surface area contributed by atoms with Gasteiger partial charge in [0.25, 0.3) is 0 Å². The highest BCUT2D eigenvalue weighted by Crippen LogP contribution is 2.18. The van der Waals surface area contributed by atoms with Gasteiger partial charge in [-0.1, -0.05) is 6.92 Å². The quantitative estimate of drug-likeness (QED) is 0.794. The second-order valence-corrected chi connectivity index (χ2v) is 5.94. The highest BCUT2D eigenvalue weighted by atomic mass is 32.2. The molecule has 0 unspecified atom stereocenters. The predicted octanol–water partition coefficient (Wildman–Crippen LogP) is 1.16. The van der Waals surface area contributed by atoms with Crippen LogP contribution in [-0.4, -0.2) is 22.0 Å². The summed E-state index contributed by atoms with van der Waals surface area (Å²) in [6.45, 7) is 3.12. The lowest BCUT2D eigenvalue weighted by Crippen LogP contribution is -2.23. The SMILES string of the molecule is CCCNS(=O)(=O)c1csc(CNC)c1. The van der Waals surface area contributed by atoms with Gasteiger partial charge < -0.3 is 5.32 Å². The number of thiophene rings is 1. The van der Waals surface area contributed by atoms with E-state index < -0.39 is 10.0 Å². The number of hydrogen-bond acceptors (Lipinski definition) is 4. The molecule has 1 rings (SSSR count). The maximum Gasteiger partial charge on any atom is 0.241 e. The minimum absolute atomic E-state index is 0.367. The zero-order chi connectivity index (χ0) is 11.3. The van der Waals surface area contributed by atoms with Crippen LogP contribution in [-0.2, 0) is 16.6 Å². The van der Waals surface area contributed by atoms with Crippen LogP contribution >= 0.6 is 11.3 Å². The Morgan fingerprint density at radius 2 is 2.20 bits per heavy atom. The molecule has 2 N–H and O–H groups in total. The van der Waals surface area contributed by atoms with Crippen molar-refractivity contribution in [2.75, 3.05) is 13.6 Å². The summed E-state index contributed by atoms with van der Waals surface area (Å²) in [5.41, 5.74) is 0. The van der Waals surface area contributed by atoms with Gasteiger partial charge in [-0.05, 0) is 19.5 Å². The summed E-state index contributed by atoms with van der Waals surface area (Å²) in [6, 6.07) is 1.71. The summed E-state index contributed by atoms with van der Waals surface area (Å²) in [7, 11) is -1.45. The Hall–Kier alpha value is -0.430. The molecule has 0 atom stereocenters. The predicted molar refractivity (Wildman–Crippen MR) is 62.6 cm³/mol. The maximum absolute atomic E-state index is 11.7. The van der Waals surface area contributed by atoms with E-state index in [4.69, 9.17) is 0 Å². The molecule has 0 amide bonds. The first-order valence-corrected chi connectivity index (χ1v) is 7.18. The Labute approximate surface area is 94.8 Å². The highest BCUT2D eigenvalue weighted by Gasteiger charge is 2.14. The van der Waals surface area contributed by atoms with E-state index in [1.54, 1.807) is 11.4 Å². The molecule has 15 heavy (non-hydrogen) atoms. The molecule has 0 aliphatic heterocycles. The smallest absolute Gasteiger partial charge is 0.241 e. The largest absolute Gasteiger partial charge is 0.315 e. The molecule has 1 aromatic rings. The standard InChI is InChI=1S/C9H16N2O2S2/c1-3-4-11-15(12,13)9-5-8(6-10-2)14-7-9/h5,7,10-11H,3-4,6H2,1-2H3. The molecule has 6 heteroatoms. The van der Waals surface area contributed by atoms with Crippen molar-refractivity contribution in [1.29, 1.82) is 0 Å². The van der Waals surface area contributed by atoms with Crippen LogP contribution < -0.4 is 10.0 Å². The Morgan fingerprint density at radius 3 is 2.80 bits per heavy atom. The number of nitrogens with one attached hydrogen (secondary N) is 2. The minimum Gasteiger partial charge on any atom is -0.315 e. The molecule has 0 saturated heterocycles. The fourth-order valence-electron chi connectivity index (χ4n) is 1.09. The van der Waals surface area contributed by atoms with Gasteiger partial charge in [0.15, 0.2) is 0 Å². The monoisotopic (exact) mass is 248 g/mol. The molecule has 0 aromatic carbocycles. The number of rotatable bonds is 6. The van der Waals surface area contributed by atoms with Crippen molar-refractivity contribution in [3.8, 4) is 0 Å². The molecule has 0 bridgehead atoms. The van der Waals surface area contributed by atoms with Crippen molar-refractivity contribution >= 4 is 21.4 Å². The molecule has 0 spiro atoms. The number of sulfonamides is 1. The van der Waals surface area contributed by atoms with Crippen LogP contribution in [0.1, 0.15) is 18.2 Å². The van der Waals surface area contributed by atoms with Crippen LogP contribution in [0.25, 0.3) is 0 Å². The average Bonchev–Trinajstić information content (AvgIpc) is 2.65. The first kappa shape index (κ1) is 12.6. The van der Waals surface area contributed by atoms with E-state index in [0.29, 0.717) is 18.0 Å². The summed E-state index contributed by atoms with van der Waals surface area (Å²) in [6.07, 6.45) is 0.798. The third-order valence-electron chi connectivity index (χ3n) is 1.83. The van der Waals surface area contributed by atoms with Gasteiger partial charge in [-0.15, -0.1) is 11.3 Å². The van der Waals surface area contributed by atoms with E-state index in [2.05, 4.69) is 10.0 Å². The van der Waals surface area contributed by atoms with Crippen LogP contribution in [0.3, 0.4) is 0 Å². The first-order valence-electron chi connectivity index (χ1n) is 4.82. The molecule has 4 nitrogen and oxygen atoms in total. The maximum atomic E-state index is 11.7. The van der Waals surface area contributed by atoms with Crippen molar-refractivity contribution < 1.29 is 8.42 Å². The Morgan fingerprint density at radius 1 is 1.47 bits per heavy atom. The number of hydrogen-bond donors (Lipinski definition) is 2. The molecule has 0 aliphatic carbocycles. The molecule has 86 valence electrons. The highest BCUT2D eigenvalue weighted by molar-refractivity contribution is 7.89. The van der Waals surface area contributed by atoms with Gasteiger partial charge in [-0.3, -0.25) is 0 Å². The zero-order valence-corrected chi connectivity index (χ0v) is 10.5. The molecular weight excluding hydrogens is 232 g/mol. The van der Waals surface area contributed by atoms with E-state index in [-0.39, 0.29) is 0 Å². The second-order valence-electron chi connectivity index (χ2n) is 3.18. The topological polar surface area (TPSA) is 58.2 Å². The lowest BCUT2D eigenvalue weighted by Gasteiger charge is -2.01. The Balaban J connectivity index is 2.76. The summed E-state index contributed by atoms with van der Waals surface area (Å²) >= 11 is 1.45. The molecule has 0 aliphatic rings. The summed E-state index contributed by atoms with van der Waals surface area (Å²) in [5, 5.41) is 4.66. The third-order valence-corrected chi connectivity index (χ3v) is 4.36. The normalized spacial score (nSPS) is 11.9. The van der Waals surface area contributed by atoms with Crippen LogP contribution in [0, 0.1) is 0 Å². The molecule has 0 saturated carbocycles. The van der Waals surface area contributed by atoms with E-state index in [9.17, 15) is 8.42 Å². The molecule has 0 radical (unpaired) electrons. The summed E-state index contributed by atoms with van der Waals surface area (Å²) in [4.78, 5) is 1.39. The van der Waals surface area contributed by atoms with Crippen molar-refractivity contribution in [1.82, 2.24) is 10.0 Å². The van der Waals surface area contributed by atoms with Gasteiger partial charge in [-0.25, -0.2) is 13.1 Å². The fourth-order valence-corrected chi connectivity index (χ4v) is 3.51. The van der Waals surface area contributed by atoms with E-state index in [1.807, 2.05) is 14.0 Å². The van der Waals surface area contributed by atoms with Crippen LogP contribution in [0.4, 0.5) is 0 Å². The minimum atomic E-state index is -3.29. The first-order chi connectivity index (χ1) is 7.10. The van der Waals surface area contributed by atoms with Gasteiger partial charge in [0, 0.05) is 23.3 Å². The fraction of sp³-hybridized carbons (Fsp3) is 0.556. The van der Waals surface area contributed by atoms with Gasteiger partial charge in [0.1, 0.15) is 0 Å². The van der Waals surface area contributed by atoms with Gasteiger partial charge >= 0.3 is 0 Å². The lowest BCUT2D eigenvalue weighted by atomic mass is 10.5. The lowest BCUT2D eigenvalue weighted by molar-refractivity contribution is 0.581. The van der Waals surface area contributed by atoms with Crippen molar-refractivity contribution in [3.63, 3.8) is 0 Å². The Kier molecular flexibility index (Phi) is 4.72. The van der Waals surface area contributed by atoms with Crippen molar-refractivity contribution in [2.24, 2.45) is 0 Å². The second kappa shape index (κ2) is 5.60. The van der Waals surface area contributed by atoms with E-state index in [1.165, 1.54) is 11.3 Å². The van der Waals surface area contributed by atoms with Crippen LogP contribution in [0.15, 0.2) is 16.3 Å². The van der Waals surface area contributed by atoms with Gasteiger partial charge in [-0.2, -0.15) is 0 Å². The van der Waals surface area contributed by atoms with Gasteiger partial charge in [0.2, 0.25) is 10.0 Å². The average molecular weight is 248 g/mol.